The van der Waals surface area contributed by atoms with Crippen LogP contribution in [-0.2, 0) is 20.9 Å². The predicted molar refractivity (Wildman–Crippen MR) is 155 cm³/mol. The molecule has 0 atom stereocenters. The molecule has 1 heterocycles. The van der Waals surface area contributed by atoms with Crippen LogP contribution in [0.1, 0.15) is 47.2 Å². The third-order valence-electron chi connectivity index (χ3n) is 7.95. The zero-order chi connectivity index (χ0) is 28.4. The van der Waals surface area contributed by atoms with E-state index in [9.17, 15) is 19.2 Å². The van der Waals surface area contributed by atoms with E-state index in [1.165, 1.54) is 4.90 Å². The Morgan fingerprint density at radius 2 is 1.55 bits per heavy atom. The van der Waals surface area contributed by atoms with Crippen LogP contribution in [0.5, 0.6) is 0 Å². The number of hydrogen-bond donors (Lipinski definition) is 1. The maximum Gasteiger partial charge on any atom is 0.299 e. The van der Waals surface area contributed by atoms with Crippen molar-refractivity contribution in [3.05, 3.63) is 89.5 Å². The molecule has 206 valence electrons. The van der Waals surface area contributed by atoms with Gasteiger partial charge >= 0.3 is 0 Å². The number of carbonyl (C=O) groups excluding carboxylic acids is 4. The highest BCUT2D eigenvalue weighted by Crippen LogP contribution is 2.38. The lowest BCUT2D eigenvalue weighted by molar-refractivity contribution is -0.145. The SMILES string of the molecule is Cc1ccc(CN(C(=O)CN2C(=O)C(=O)c3ccccc32)C2(C(=O)Nc3ccc(N(C)C)cc3)CCCC2)cc1. The van der Waals surface area contributed by atoms with Gasteiger partial charge in [0.25, 0.3) is 11.7 Å². The van der Waals surface area contributed by atoms with Crippen molar-refractivity contribution in [2.75, 3.05) is 35.8 Å². The number of benzene rings is 3. The summed E-state index contributed by atoms with van der Waals surface area (Å²) in [5.74, 6) is -1.97. The molecule has 1 aliphatic heterocycles. The van der Waals surface area contributed by atoms with E-state index in [2.05, 4.69) is 5.32 Å². The van der Waals surface area contributed by atoms with Crippen LogP contribution in [0.15, 0.2) is 72.8 Å². The molecule has 5 rings (SSSR count). The number of rotatable bonds is 8. The third-order valence-corrected chi connectivity index (χ3v) is 7.95. The Labute approximate surface area is 234 Å². The summed E-state index contributed by atoms with van der Waals surface area (Å²) in [6.45, 7) is 1.89. The van der Waals surface area contributed by atoms with Crippen molar-refractivity contribution in [2.24, 2.45) is 0 Å². The first-order valence-electron chi connectivity index (χ1n) is 13.6. The highest BCUT2D eigenvalue weighted by Gasteiger charge is 2.49. The van der Waals surface area contributed by atoms with E-state index in [1.807, 2.05) is 74.4 Å². The molecule has 8 heteroatoms. The first-order chi connectivity index (χ1) is 19.2. The highest BCUT2D eigenvalue weighted by atomic mass is 16.2. The fourth-order valence-electron chi connectivity index (χ4n) is 5.65. The number of nitrogens with zero attached hydrogens (tertiary/aromatic N) is 3. The molecular weight excluding hydrogens is 504 g/mol. The quantitative estimate of drug-likeness (QED) is 0.425. The van der Waals surface area contributed by atoms with E-state index >= 15 is 0 Å². The number of carbonyl (C=O) groups is 4. The van der Waals surface area contributed by atoms with Gasteiger partial charge in [-0.3, -0.25) is 24.1 Å². The number of Topliss-reactive ketones (excluding diaryl/α,β-unsaturated/α-hetero) is 1. The molecule has 0 spiro atoms. The normalized spacial score (nSPS) is 15.6. The summed E-state index contributed by atoms with van der Waals surface area (Å²) in [6, 6.07) is 22.1. The minimum Gasteiger partial charge on any atom is -0.378 e. The molecule has 1 saturated carbocycles. The number of aryl methyl sites for hydroxylation is 1. The summed E-state index contributed by atoms with van der Waals surface area (Å²) >= 11 is 0. The Morgan fingerprint density at radius 3 is 2.20 bits per heavy atom. The molecule has 0 radical (unpaired) electrons. The Morgan fingerprint density at radius 1 is 0.900 bits per heavy atom. The van der Waals surface area contributed by atoms with Gasteiger partial charge in [-0.25, -0.2) is 0 Å². The Bertz CT molecular complexity index is 1440. The zero-order valence-electron chi connectivity index (χ0n) is 23.1. The van der Waals surface area contributed by atoms with Gasteiger partial charge < -0.3 is 15.1 Å². The molecule has 8 nitrogen and oxygen atoms in total. The van der Waals surface area contributed by atoms with E-state index in [1.54, 1.807) is 29.2 Å². The van der Waals surface area contributed by atoms with Crippen molar-refractivity contribution in [3.63, 3.8) is 0 Å². The number of anilines is 3. The summed E-state index contributed by atoms with van der Waals surface area (Å²) in [4.78, 5) is 58.5. The van der Waals surface area contributed by atoms with E-state index in [0.29, 0.717) is 29.8 Å². The van der Waals surface area contributed by atoms with Crippen molar-refractivity contribution < 1.29 is 19.2 Å². The molecule has 3 aromatic rings. The smallest absolute Gasteiger partial charge is 0.299 e. The number of ketones is 1. The van der Waals surface area contributed by atoms with Crippen LogP contribution >= 0.6 is 0 Å². The van der Waals surface area contributed by atoms with E-state index in [4.69, 9.17) is 0 Å². The molecule has 1 aliphatic carbocycles. The summed E-state index contributed by atoms with van der Waals surface area (Å²) < 4.78 is 0. The van der Waals surface area contributed by atoms with E-state index < -0.39 is 17.2 Å². The van der Waals surface area contributed by atoms with E-state index in [0.717, 1.165) is 29.7 Å². The molecule has 0 bridgehead atoms. The fourth-order valence-corrected chi connectivity index (χ4v) is 5.65. The van der Waals surface area contributed by atoms with Crippen molar-refractivity contribution in [2.45, 2.75) is 44.7 Å². The molecule has 40 heavy (non-hydrogen) atoms. The van der Waals surface area contributed by atoms with Gasteiger partial charge in [0.15, 0.2) is 0 Å². The number of para-hydroxylation sites is 1. The maximum atomic E-state index is 14.1. The number of hydrogen-bond acceptors (Lipinski definition) is 5. The predicted octanol–water partition coefficient (Wildman–Crippen LogP) is 4.57. The van der Waals surface area contributed by atoms with Gasteiger partial charge in [0.05, 0.1) is 11.3 Å². The zero-order valence-corrected chi connectivity index (χ0v) is 23.1. The molecule has 3 amide bonds. The summed E-state index contributed by atoms with van der Waals surface area (Å²) in [5.41, 5.74) is 3.27. The van der Waals surface area contributed by atoms with Gasteiger partial charge in [0, 0.05) is 32.0 Å². The summed E-state index contributed by atoms with van der Waals surface area (Å²) in [7, 11) is 3.90. The molecule has 0 aromatic heterocycles. The first-order valence-corrected chi connectivity index (χ1v) is 13.6. The summed E-state index contributed by atoms with van der Waals surface area (Å²) in [6.07, 6.45) is 2.62. The van der Waals surface area contributed by atoms with Crippen LogP contribution in [-0.4, -0.2) is 54.6 Å². The monoisotopic (exact) mass is 538 g/mol. The average Bonchev–Trinajstić information content (AvgIpc) is 3.54. The van der Waals surface area contributed by atoms with Crippen LogP contribution in [0.25, 0.3) is 0 Å². The van der Waals surface area contributed by atoms with Crippen LogP contribution in [0.4, 0.5) is 17.1 Å². The summed E-state index contributed by atoms with van der Waals surface area (Å²) in [5, 5.41) is 3.06. The van der Waals surface area contributed by atoms with Gasteiger partial charge in [0.2, 0.25) is 11.8 Å². The van der Waals surface area contributed by atoms with Crippen molar-refractivity contribution in [1.82, 2.24) is 4.90 Å². The van der Waals surface area contributed by atoms with E-state index in [-0.39, 0.29) is 24.9 Å². The second-order valence-corrected chi connectivity index (χ2v) is 10.8. The van der Waals surface area contributed by atoms with Crippen LogP contribution in [0.2, 0.25) is 0 Å². The highest BCUT2D eigenvalue weighted by molar-refractivity contribution is 6.52. The van der Waals surface area contributed by atoms with Gasteiger partial charge in [-0.05, 0) is 61.7 Å². The largest absolute Gasteiger partial charge is 0.378 e. The average molecular weight is 539 g/mol. The topological polar surface area (TPSA) is 90.0 Å². The Kier molecular flexibility index (Phi) is 7.43. The Balaban J connectivity index is 1.48. The number of nitrogens with one attached hydrogen (secondary N) is 1. The van der Waals surface area contributed by atoms with Crippen molar-refractivity contribution >= 4 is 40.6 Å². The van der Waals surface area contributed by atoms with Gasteiger partial charge in [-0.15, -0.1) is 0 Å². The lowest BCUT2D eigenvalue weighted by Gasteiger charge is -2.41. The molecular formula is C32H34N4O4. The minimum atomic E-state index is -1.09. The first kappa shape index (κ1) is 27.1. The molecule has 1 N–H and O–H groups in total. The van der Waals surface area contributed by atoms with Crippen LogP contribution in [0.3, 0.4) is 0 Å². The number of fused-ring (bicyclic) bond motifs is 1. The van der Waals surface area contributed by atoms with Crippen molar-refractivity contribution in [3.8, 4) is 0 Å². The lowest BCUT2D eigenvalue weighted by atomic mass is 9.92. The number of amides is 3. The molecule has 0 saturated heterocycles. The second-order valence-electron chi connectivity index (χ2n) is 10.8. The van der Waals surface area contributed by atoms with Crippen molar-refractivity contribution in [1.29, 1.82) is 0 Å². The van der Waals surface area contributed by atoms with Gasteiger partial charge in [-0.1, -0.05) is 54.8 Å². The minimum absolute atomic E-state index is 0.212. The van der Waals surface area contributed by atoms with Crippen LogP contribution in [0, 0.1) is 6.92 Å². The van der Waals surface area contributed by atoms with Crippen LogP contribution < -0.4 is 15.1 Å². The Hall–Kier alpha value is -4.46. The lowest BCUT2D eigenvalue weighted by Crippen LogP contribution is -2.59. The molecule has 0 unspecified atom stereocenters. The van der Waals surface area contributed by atoms with Gasteiger partial charge in [-0.2, -0.15) is 0 Å². The standard InChI is InChI=1S/C32H34N4O4/c1-22-10-12-23(13-11-22)20-36(28(37)21-35-27-9-5-4-8-26(27)29(38)30(35)39)32(18-6-7-19-32)31(40)33-24-14-16-25(17-15-24)34(2)3/h4-5,8-17H,6-7,18-21H2,1-3H3,(H,33,40). The molecule has 1 fully saturated rings. The molecule has 3 aromatic carbocycles. The van der Waals surface area contributed by atoms with Gasteiger partial charge in [0.1, 0.15) is 12.1 Å². The maximum absolute atomic E-state index is 14.1. The molecule has 2 aliphatic rings. The second kappa shape index (κ2) is 11.0. The third kappa shape index (κ3) is 5.09. The fraction of sp³-hybridized carbons (Fsp3) is 0.312.